The number of amides is 1. The van der Waals surface area contributed by atoms with Crippen LogP contribution in [0.15, 0.2) is 24.5 Å². The molecule has 0 spiro atoms. The molecular weight excluding hydrogens is 226 g/mol. The standard InChI is InChI=1S/C14H23N3O/c1-10(2)9-16-14(18)12(4)17-11(3)13-5-7-15-8-6-13/h5-8,10-12,17H,9H2,1-4H3,(H,16,18). The van der Waals surface area contributed by atoms with E-state index in [9.17, 15) is 4.79 Å². The van der Waals surface area contributed by atoms with Crippen molar-refractivity contribution in [2.45, 2.75) is 39.8 Å². The van der Waals surface area contributed by atoms with Crippen molar-refractivity contribution in [2.75, 3.05) is 6.54 Å². The van der Waals surface area contributed by atoms with Crippen molar-refractivity contribution >= 4 is 5.91 Å². The first kappa shape index (κ1) is 14.6. The first-order valence-electron chi connectivity index (χ1n) is 6.44. The number of nitrogens with zero attached hydrogens (tertiary/aromatic N) is 1. The second-order valence-corrected chi connectivity index (χ2v) is 5.03. The number of hydrogen-bond donors (Lipinski definition) is 2. The molecule has 2 unspecified atom stereocenters. The number of rotatable bonds is 6. The third kappa shape index (κ3) is 4.84. The molecule has 18 heavy (non-hydrogen) atoms. The Morgan fingerprint density at radius 1 is 1.22 bits per heavy atom. The molecule has 0 saturated carbocycles. The summed E-state index contributed by atoms with van der Waals surface area (Å²) in [4.78, 5) is 15.8. The van der Waals surface area contributed by atoms with Gasteiger partial charge in [0.1, 0.15) is 0 Å². The third-order valence-corrected chi connectivity index (χ3v) is 2.78. The Kier molecular flexibility index (Phi) is 5.78. The normalized spacial score (nSPS) is 14.3. The lowest BCUT2D eigenvalue weighted by Gasteiger charge is -2.20. The summed E-state index contributed by atoms with van der Waals surface area (Å²) >= 11 is 0. The van der Waals surface area contributed by atoms with Crippen molar-refractivity contribution in [3.8, 4) is 0 Å². The third-order valence-electron chi connectivity index (χ3n) is 2.78. The van der Waals surface area contributed by atoms with E-state index in [1.165, 1.54) is 0 Å². The van der Waals surface area contributed by atoms with Crippen molar-refractivity contribution in [1.29, 1.82) is 0 Å². The fourth-order valence-electron chi connectivity index (χ4n) is 1.66. The van der Waals surface area contributed by atoms with Crippen LogP contribution in [0.3, 0.4) is 0 Å². The Labute approximate surface area is 109 Å². The van der Waals surface area contributed by atoms with E-state index < -0.39 is 0 Å². The summed E-state index contributed by atoms with van der Waals surface area (Å²) in [5.74, 6) is 0.517. The quantitative estimate of drug-likeness (QED) is 0.809. The Morgan fingerprint density at radius 2 is 1.83 bits per heavy atom. The van der Waals surface area contributed by atoms with Crippen molar-refractivity contribution in [3.63, 3.8) is 0 Å². The summed E-state index contributed by atoms with van der Waals surface area (Å²) in [5, 5.41) is 6.20. The summed E-state index contributed by atoms with van der Waals surface area (Å²) in [5.41, 5.74) is 1.13. The van der Waals surface area contributed by atoms with Crippen LogP contribution in [0, 0.1) is 5.92 Å². The first-order chi connectivity index (χ1) is 8.50. The highest BCUT2D eigenvalue weighted by Gasteiger charge is 2.15. The number of nitrogens with one attached hydrogen (secondary N) is 2. The van der Waals surface area contributed by atoms with Crippen LogP contribution in [-0.4, -0.2) is 23.5 Å². The zero-order chi connectivity index (χ0) is 13.5. The Hall–Kier alpha value is -1.42. The molecule has 0 fully saturated rings. The van der Waals surface area contributed by atoms with Gasteiger partial charge in [-0.15, -0.1) is 0 Å². The number of carbonyl (C=O) groups excluding carboxylic acids is 1. The summed E-state index contributed by atoms with van der Waals surface area (Å²) in [6.45, 7) is 8.80. The molecule has 4 heteroatoms. The van der Waals surface area contributed by atoms with Gasteiger partial charge in [0, 0.05) is 25.0 Å². The highest BCUT2D eigenvalue weighted by atomic mass is 16.2. The smallest absolute Gasteiger partial charge is 0.236 e. The van der Waals surface area contributed by atoms with Crippen molar-refractivity contribution in [2.24, 2.45) is 5.92 Å². The number of carbonyl (C=O) groups is 1. The molecule has 0 radical (unpaired) electrons. The second kappa shape index (κ2) is 7.11. The second-order valence-electron chi connectivity index (χ2n) is 5.03. The molecule has 1 rings (SSSR count). The maximum atomic E-state index is 11.8. The predicted octanol–water partition coefficient (Wildman–Crippen LogP) is 1.89. The van der Waals surface area contributed by atoms with E-state index in [4.69, 9.17) is 0 Å². The minimum atomic E-state index is -0.202. The SMILES string of the molecule is CC(C)CNC(=O)C(C)NC(C)c1ccncc1. The van der Waals surface area contributed by atoms with Gasteiger partial charge >= 0.3 is 0 Å². The van der Waals surface area contributed by atoms with Gasteiger partial charge < -0.3 is 5.32 Å². The monoisotopic (exact) mass is 249 g/mol. The lowest BCUT2D eigenvalue weighted by molar-refractivity contribution is -0.123. The molecule has 1 amide bonds. The van der Waals surface area contributed by atoms with E-state index in [1.54, 1.807) is 12.4 Å². The molecule has 1 heterocycles. The minimum Gasteiger partial charge on any atom is -0.354 e. The molecule has 0 bridgehead atoms. The molecule has 1 aromatic rings. The largest absolute Gasteiger partial charge is 0.354 e. The summed E-state index contributed by atoms with van der Waals surface area (Å²) in [7, 11) is 0. The zero-order valence-corrected chi connectivity index (χ0v) is 11.6. The average Bonchev–Trinajstić information content (AvgIpc) is 2.36. The van der Waals surface area contributed by atoms with Crippen molar-refractivity contribution < 1.29 is 4.79 Å². The van der Waals surface area contributed by atoms with Gasteiger partial charge in [-0.1, -0.05) is 13.8 Å². The Balaban J connectivity index is 2.44. The summed E-state index contributed by atoms with van der Waals surface area (Å²) in [6.07, 6.45) is 3.52. The van der Waals surface area contributed by atoms with Gasteiger partial charge in [-0.25, -0.2) is 0 Å². The van der Waals surface area contributed by atoms with Gasteiger partial charge in [0.25, 0.3) is 0 Å². The predicted molar refractivity (Wildman–Crippen MR) is 73.1 cm³/mol. The van der Waals surface area contributed by atoms with Gasteiger partial charge in [0.2, 0.25) is 5.91 Å². The lowest BCUT2D eigenvalue weighted by atomic mass is 10.1. The Morgan fingerprint density at radius 3 is 2.39 bits per heavy atom. The van der Waals surface area contributed by atoms with Gasteiger partial charge in [-0.2, -0.15) is 0 Å². The lowest BCUT2D eigenvalue weighted by Crippen LogP contribution is -2.44. The fraction of sp³-hybridized carbons (Fsp3) is 0.571. The number of pyridine rings is 1. The molecule has 4 nitrogen and oxygen atoms in total. The molecular formula is C14H23N3O. The number of hydrogen-bond acceptors (Lipinski definition) is 3. The maximum Gasteiger partial charge on any atom is 0.236 e. The average molecular weight is 249 g/mol. The molecule has 2 N–H and O–H groups in total. The van der Waals surface area contributed by atoms with Crippen molar-refractivity contribution in [3.05, 3.63) is 30.1 Å². The Bertz CT molecular complexity index is 365. The van der Waals surface area contributed by atoms with Crippen LogP contribution in [0.1, 0.15) is 39.3 Å². The van der Waals surface area contributed by atoms with Crippen LogP contribution in [-0.2, 0) is 4.79 Å². The minimum absolute atomic E-state index is 0.0459. The van der Waals surface area contributed by atoms with Crippen LogP contribution < -0.4 is 10.6 Å². The fourth-order valence-corrected chi connectivity index (χ4v) is 1.66. The topological polar surface area (TPSA) is 54.0 Å². The summed E-state index contributed by atoms with van der Waals surface area (Å²) in [6, 6.07) is 3.84. The number of aromatic nitrogens is 1. The van der Waals surface area contributed by atoms with Gasteiger partial charge in [-0.05, 0) is 37.5 Å². The highest BCUT2D eigenvalue weighted by molar-refractivity contribution is 5.81. The van der Waals surface area contributed by atoms with Gasteiger partial charge in [-0.3, -0.25) is 15.1 Å². The van der Waals surface area contributed by atoms with Crippen molar-refractivity contribution in [1.82, 2.24) is 15.6 Å². The van der Waals surface area contributed by atoms with E-state index in [0.29, 0.717) is 12.5 Å². The van der Waals surface area contributed by atoms with Crippen LogP contribution in [0.25, 0.3) is 0 Å². The van der Waals surface area contributed by atoms with Gasteiger partial charge in [0.05, 0.1) is 6.04 Å². The maximum absolute atomic E-state index is 11.8. The molecule has 2 atom stereocenters. The zero-order valence-electron chi connectivity index (χ0n) is 11.6. The van der Waals surface area contributed by atoms with Crippen LogP contribution in [0.4, 0.5) is 0 Å². The molecule has 0 aliphatic carbocycles. The highest BCUT2D eigenvalue weighted by Crippen LogP contribution is 2.10. The molecule has 0 saturated heterocycles. The molecule has 1 aromatic heterocycles. The molecule has 100 valence electrons. The molecule has 0 aliphatic heterocycles. The first-order valence-corrected chi connectivity index (χ1v) is 6.44. The van der Waals surface area contributed by atoms with Gasteiger partial charge in [0.15, 0.2) is 0 Å². The van der Waals surface area contributed by atoms with E-state index in [2.05, 4.69) is 29.5 Å². The van der Waals surface area contributed by atoms with Crippen LogP contribution >= 0.6 is 0 Å². The van der Waals surface area contributed by atoms with E-state index in [-0.39, 0.29) is 18.0 Å². The van der Waals surface area contributed by atoms with E-state index in [0.717, 1.165) is 5.56 Å². The van der Waals surface area contributed by atoms with Crippen LogP contribution in [0.2, 0.25) is 0 Å². The van der Waals surface area contributed by atoms with E-state index in [1.807, 2.05) is 26.0 Å². The molecule has 0 aromatic carbocycles. The van der Waals surface area contributed by atoms with Crippen LogP contribution in [0.5, 0.6) is 0 Å². The molecule has 0 aliphatic rings. The van der Waals surface area contributed by atoms with E-state index >= 15 is 0 Å². The summed E-state index contributed by atoms with van der Waals surface area (Å²) < 4.78 is 0.